The van der Waals surface area contributed by atoms with Gasteiger partial charge in [0.2, 0.25) is 0 Å². The van der Waals surface area contributed by atoms with E-state index in [1.165, 1.54) is 0 Å². The van der Waals surface area contributed by atoms with Gasteiger partial charge in [-0.15, -0.1) is 0 Å². The van der Waals surface area contributed by atoms with Gasteiger partial charge in [0, 0.05) is 17.8 Å². The summed E-state index contributed by atoms with van der Waals surface area (Å²) in [5.74, 6) is 0. The van der Waals surface area contributed by atoms with Crippen LogP contribution in [0.5, 0.6) is 0 Å². The number of fused-ring (bicyclic) bond motifs is 1. The van der Waals surface area contributed by atoms with Gasteiger partial charge >= 0.3 is 0 Å². The van der Waals surface area contributed by atoms with Crippen molar-refractivity contribution in [1.82, 2.24) is 9.97 Å². The summed E-state index contributed by atoms with van der Waals surface area (Å²) in [6.07, 6.45) is 7.24. The summed E-state index contributed by atoms with van der Waals surface area (Å²) in [5, 5.41) is 0.838. The average Bonchev–Trinajstić information content (AvgIpc) is 3.26. The third-order valence-electron chi connectivity index (χ3n) is 4.70. The molecule has 0 radical (unpaired) electrons. The second-order valence-corrected chi connectivity index (χ2v) is 8.30. The number of pyridine rings is 1. The van der Waals surface area contributed by atoms with Crippen LogP contribution >= 0.6 is 0 Å². The van der Waals surface area contributed by atoms with Gasteiger partial charge in [-0.05, 0) is 48.2 Å². The van der Waals surface area contributed by atoms with Crippen molar-refractivity contribution in [3.63, 3.8) is 0 Å². The first kappa shape index (κ1) is 14.5. The second-order valence-electron chi connectivity index (χ2n) is 6.07. The largest absolute Gasteiger partial charge is 0.346 e. The van der Waals surface area contributed by atoms with Gasteiger partial charge in [0.15, 0.2) is 9.84 Å². The third kappa shape index (κ3) is 2.45. The first-order valence-electron chi connectivity index (χ1n) is 7.93. The number of hydrogen-bond acceptors (Lipinski definition) is 3. The molecule has 0 amide bonds. The SMILES string of the molecule is O=S(=O)(c1ccc(-c2ccnc3[nH]ccc23)cc1)C1CCCC1. The fourth-order valence-electron chi connectivity index (χ4n) is 3.43. The third-order valence-corrected chi connectivity index (χ3v) is 6.97. The average molecular weight is 326 g/mol. The maximum atomic E-state index is 12.6. The summed E-state index contributed by atoms with van der Waals surface area (Å²) in [6.45, 7) is 0. The fourth-order valence-corrected chi connectivity index (χ4v) is 5.28. The van der Waals surface area contributed by atoms with Crippen molar-refractivity contribution in [3.8, 4) is 11.1 Å². The van der Waals surface area contributed by atoms with E-state index in [1.807, 2.05) is 30.5 Å². The molecule has 3 aromatic rings. The Morgan fingerprint density at radius 3 is 2.48 bits per heavy atom. The van der Waals surface area contributed by atoms with Crippen molar-refractivity contribution >= 4 is 20.9 Å². The van der Waals surface area contributed by atoms with Gasteiger partial charge in [0.1, 0.15) is 5.65 Å². The molecule has 1 N–H and O–H groups in total. The van der Waals surface area contributed by atoms with E-state index in [0.29, 0.717) is 4.90 Å². The van der Waals surface area contributed by atoms with Crippen molar-refractivity contribution in [2.24, 2.45) is 0 Å². The van der Waals surface area contributed by atoms with E-state index in [4.69, 9.17) is 0 Å². The number of sulfone groups is 1. The Kier molecular flexibility index (Phi) is 3.45. The highest BCUT2D eigenvalue weighted by Gasteiger charge is 2.30. The molecular formula is C18H18N2O2S. The molecule has 1 saturated carbocycles. The molecule has 2 heterocycles. The van der Waals surface area contributed by atoms with Crippen LogP contribution in [0, 0.1) is 0 Å². The Balaban J connectivity index is 1.72. The Bertz CT molecular complexity index is 937. The normalized spacial score (nSPS) is 16.2. The lowest BCUT2D eigenvalue weighted by Crippen LogP contribution is -2.17. The molecule has 0 spiro atoms. The smallest absolute Gasteiger partial charge is 0.181 e. The molecule has 1 fully saturated rings. The molecule has 2 aromatic heterocycles. The Hall–Kier alpha value is -2.14. The zero-order valence-electron chi connectivity index (χ0n) is 12.7. The summed E-state index contributed by atoms with van der Waals surface area (Å²) in [5.41, 5.74) is 2.90. The molecular weight excluding hydrogens is 308 g/mol. The molecule has 23 heavy (non-hydrogen) atoms. The van der Waals surface area contributed by atoms with E-state index in [1.54, 1.807) is 18.3 Å². The van der Waals surface area contributed by atoms with Crippen molar-refractivity contribution in [2.75, 3.05) is 0 Å². The van der Waals surface area contributed by atoms with E-state index in [9.17, 15) is 8.42 Å². The maximum Gasteiger partial charge on any atom is 0.181 e. The Morgan fingerprint density at radius 1 is 1.00 bits per heavy atom. The first-order valence-corrected chi connectivity index (χ1v) is 9.47. The lowest BCUT2D eigenvalue weighted by Gasteiger charge is -2.12. The topological polar surface area (TPSA) is 62.8 Å². The minimum absolute atomic E-state index is 0.203. The van der Waals surface area contributed by atoms with E-state index < -0.39 is 9.84 Å². The van der Waals surface area contributed by atoms with Crippen LogP contribution in [0.3, 0.4) is 0 Å². The predicted molar refractivity (Wildman–Crippen MR) is 91.0 cm³/mol. The van der Waals surface area contributed by atoms with Crippen molar-refractivity contribution < 1.29 is 8.42 Å². The van der Waals surface area contributed by atoms with Crippen molar-refractivity contribution in [1.29, 1.82) is 0 Å². The number of benzene rings is 1. The van der Waals surface area contributed by atoms with Crippen molar-refractivity contribution in [3.05, 3.63) is 48.8 Å². The molecule has 0 atom stereocenters. The van der Waals surface area contributed by atoms with E-state index in [2.05, 4.69) is 9.97 Å². The number of hydrogen-bond donors (Lipinski definition) is 1. The number of aromatic amines is 1. The molecule has 1 aliphatic carbocycles. The number of nitrogens with zero attached hydrogens (tertiary/aromatic N) is 1. The second kappa shape index (κ2) is 5.49. The summed E-state index contributed by atoms with van der Waals surface area (Å²) >= 11 is 0. The highest BCUT2D eigenvalue weighted by Crippen LogP contribution is 2.32. The number of aromatic nitrogens is 2. The first-order chi connectivity index (χ1) is 11.2. The number of H-pyrrole nitrogens is 1. The quantitative estimate of drug-likeness (QED) is 0.793. The summed E-state index contributed by atoms with van der Waals surface area (Å²) in [4.78, 5) is 7.82. The lowest BCUT2D eigenvalue weighted by molar-refractivity contribution is 0.579. The number of rotatable bonds is 3. The lowest BCUT2D eigenvalue weighted by atomic mass is 10.0. The molecule has 1 aromatic carbocycles. The monoisotopic (exact) mass is 326 g/mol. The fraction of sp³-hybridized carbons (Fsp3) is 0.278. The van der Waals surface area contributed by atoms with Crippen LogP contribution in [0.2, 0.25) is 0 Å². The minimum atomic E-state index is -3.19. The molecule has 118 valence electrons. The van der Waals surface area contributed by atoms with Gasteiger partial charge in [0.25, 0.3) is 0 Å². The van der Waals surface area contributed by atoms with Crippen LogP contribution in [0.25, 0.3) is 22.2 Å². The predicted octanol–water partition coefficient (Wildman–Crippen LogP) is 3.95. The van der Waals surface area contributed by atoms with Crippen LogP contribution in [0.4, 0.5) is 0 Å². The highest BCUT2D eigenvalue weighted by molar-refractivity contribution is 7.92. The van der Waals surface area contributed by atoms with Gasteiger partial charge in [0.05, 0.1) is 10.1 Å². The molecule has 5 heteroatoms. The Morgan fingerprint density at radius 2 is 1.74 bits per heavy atom. The van der Waals surface area contributed by atoms with Crippen LogP contribution in [-0.4, -0.2) is 23.6 Å². The van der Waals surface area contributed by atoms with E-state index in [0.717, 1.165) is 47.8 Å². The van der Waals surface area contributed by atoms with Crippen molar-refractivity contribution in [2.45, 2.75) is 35.8 Å². The molecule has 1 aliphatic rings. The molecule has 0 aliphatic heterocycles. The molecule has 4 rings (SSSR count). The van der Waals surface area contributed by atoms with E-state index in [-0.39, 0.29) is 5.25 Å². The van der Waals surface area contributed by atoms with Gasteiger partial charge in [-0.1, -0.05) is 25.0 Å². The highest BCUT2D eigenvalue weighted by atomic mass is 32.2. The van der Waals surface area contributed by atoms with Gasteiger partial charge in [-0.3, -0.25) is 0 Å². The standard InChI is InChI=1S/C18H18N2O2S/c21-23(22,14-3-1-2-4-14)15-7-5-13(6-8-15)16-9-11-19-18-17(16)10-12-20-18/h5-12,14H,1-4H2,(H,19,20). The van der Waals surface area contributed by atoms with Crippen LogP contribution in [0.15, 0.2) is 53.7 Å². The molecule has 4 nitrogen and oxygen atoms in total. The Labute approximate surface area is 135 Å². The van der Waals surface area contributed by atoms with Crippen LogP contribution < -0.4 is 0 Å². The minimum Gasteiger partial charge on any atom is -0.346 e. The maximum absolute atomic E-state index is 12.6. The van der Waals surface area contributed by atoms with Crippen LogP contribution in [0.1, 0.15) is 25.7 Å². The molecule has 0 bridgehead atoms. The van der Waals surface area contributed by atoms with Gasteiger partial charge < -0.3 is 4.98 Å². The van der Waals surface area contributed by atoms with Crippen LogP contribution in [-0.2, 0) is 9.84 Å². The molecule has 0 unspecified atom stereocenters. The van der Waals surface area contributed by atoms with Gasteiger partial charge in [-0.2, -0.15) is 0 Å². The summed E-state index contributed by atoms with van der Waals surface area (Å²) < 4.78 is 25.3. The number of nitrogens with one attached hydrogen (secondary N) is 1. The summed E-state index contributed by atoms with van der Waals surface area (Å²) in [7, 11) is -3.19. The zero-order valence-corrected chi connectivity index (χ0v) is 13.5. The zero-order chi connectivity index (χ0) is 15.9. The summed E-state index contributed by atoms with van der Waals surface area (Å²) in [6, 6.07) is 11.2. The molecule has 0 saturated heterocycles. The van der Waals surface area contributed by atoms with Gasteiger partial charge in [-0.25, -0.2) is 13.4 Å². The van der Waals surface area contributed by atoms with E-state index >= 15 is 0 Å².